The second-order valence-corrected chi connectivity index (χ2v) is 6.60. The van der Waals surface area contributed by atoms with E-state index < -0.39 is 0 Å². The van der Waals surface area contributed by atoms with Crippen molar-refractivity contribution < 1.29 is 4.74 Å². The van der Waals surface area contributed by atoms with Crippen molar-refractivity contribution in [2.75, 3.05) is 6.61 Å². The molecule has 0 aliphatic heterocycles. The van der Waals surface area contributed by atoms with E-state index in [4.69, 9.17) is 9.72 Å². The second-order valence-electron chi connectivity index (χ2n) is 6.60. The maximum absolute atomic E-state index is 5.92. The predicted octanol–water partition coefficient (Wildman–Crippen LogP) is 5.98. The summed E-state index contributed by atoms with van der Waals surface area (Å²) in [4.78, 5) is 12.9. The van der Waals surface area contributed by atoms with Crippen LogP contribution in [0.5, 0.6) is 5.88 Å². The van der Waals surface area contributed by atoms with E-state index in [-0.39, 0.29) is 0 Å². The lowest BCUT2D eigenvalue weighted by Gasteiger charge is -2.07. The lowest BCUT2D eigenvalue weighted by atomic mass is 10.1. The van der Waals surface area contributed by atoms with Crippen molar-refractivity contribution in [3.8, 4) is 39.8 Å². The largest absolute Gasteiger partial charge is 0.477 e. The van der Waals surface area contributed by atoms with Gasteiger partial charge in [-0.3, -0.25) is 0 Å². The Labute approximate surface area is 165 Å². The van der Waals surface area contributed by atoms with E-state index in [1.165, 1.54) is 0 Å². The molecule has 140 valence electrons. The molecule has 0 spiro atoms. The van der Waals surface area contributed by atoms with Crippen molar-refractivity contribution in [2.24, 2.45) is 0 Å². The van der Waals surface area contributed by atoms with Crippen molar-refractivity contribution in [3.05, 3.63) is 79.0 Å². The summed E-state index contributed by atoms with van der Waals surface area (Å²) < 4.78 is 5.92. The fourth-order valence-corrected chi connectivity index (χ4v) is 3.12. The van der Waals surface area contributed by atoms with Gasteiger partial charge in [-0.25, -0.2) is 9.97 Å². The Morgan fingerprint density at radius 3 is 2.29 bits per heavy atom. The molecule has 0 aliphatic rings. The molecule has 28 heavy (non-hydrogen) atoms. The molecule has 4 heteroatoms. The maximum atomic E-state index is 5.92. The van der Waals surface area contributed by atoms with Crippen molar-refractivity contribution >= 4 is 0 Å². The van der Waals surface area contributed by atoms with Crippen LogP contribution in [-0.4, -0.2) is 21.6 Å². The number of imidazole rings is 1. The van der Waals surface area contributed by atoms with Gasteiger partial charge in [-0.05, 0) is 18.6 Å². The van der Waals surface area contributed by atoms with Gasteiger partial charge in [-0.2, -0.15) is 0 Å². The van der Waals surface area contributed by atoms with Crippen LogP contribution < -0.4 is 4.74 Å². The number of hydrogen-bond donors (Lipinski definition) is 1. The van der Waals surface area contributed by atoms with Crippen LogP contribution in [0.15, 0.2) is 79.0 Å². The van der Waals surface area contributed by atoms with E-state index in [1.54, 1.807) is 6.20 Å². The highest BCUT2D eigenvalue weighted by atomic mass is 16.5. The topological polar surface area (TPSA) is 50.8 Å². The maximum Gasteiger partial charge on any atom is 0.224 e. The predicted molar refractivity (Wildman–Crippen MR) is 113 cm³/mol. The van der Waals surface area contributed by atoms with E-state index in [9.17, 15) is 0 Å². The first kappa shape index (κ1) is 18.0. The zero-order valence-corrected chi connectivity index (χ0v) is 15.9. The molecule has 0 bridgehead atoms. The van der Waals surface area contributed by atoms with Gasteiger partial charge < -0.3 is 9.72 Å². The average molecular weight is 369 g/mol. The molecule has 1 N–H and O–H groups in total. The summed E-state index contributed by atoms with van der Waals surface area (Å²) in [6, 6.07) is 24.4. The molecule has 0 aliphatic carbocycles. The van der Waals surface area contributed by atoms with Gasteiger partial charge in [0, 0.05) is 17.3 Å². The van der Waals surface area contributed by atoms with E-state index in [1.807, 2.05) is 48.5 Å². The molecule has 2 aromatic carbocycles. The van der Waals surface area contributed by atoms with Gasteiger partial charge in [0.1, 0.15) is 5.82 Å². The number of H-pyrrole nitrogens is 1. The number of nitrogens with zero attached hydrogens (tertiary/aromatic N) is 2. The smallest absolute Gasteiger partial charge is 0.224 e. The van der Waals surface area contributed by atoms with Crippen LogP contribution in [0, 0.1) is 0 Å². The number of pyridine rings is 1. The third-order valence-electron chi connectivity index (χ3n) is 4.58. The summed E-state index contributed by atoms with van der Waals surface area (Å²) >= 11 is 0. The van der Waals surface area contributed by atoms with Gasteiger partial charge in [0.15, 0.2) is 0 Å². The van der Waals surface area contributed by atoms with Gasteiger partial charge in [-0.15, -0.1) is 0 Å². The first-order valence-corrected chi connectivity index (χ1v) is 9.66. The summed E-state index contributed by atoms with van der Waals surface area (Å²) in [7, 11) is 0. The van der Waals surface area contributed by atoms with E-state index >= 15 is 0 Å². The molecule has 2 aromatic heterocycles. The van der Waals surface area contributed by atoms with Crippen molar-refractivity contribution in [3.63, 3.8) is 0 Å². The SMILES string of the molecule is CCCCOc1ncccc1-c1nc(-c2ccccc2)c(-c2ccccc2)[nH]1. The number of hydrogen-bond acceptors (Lipinski definition) is 3. The zero-order chi connectivity index (χ0) is 19.2. The lowest BCUT2D eigenvalue weighted by Crippen LogP contribution is -2.00. The molecule has 0 amide bonds. The van der Waals surface area contributed by atoms with Crippen LogP contribution in [0.1, 0.15) is 19.8 Å². The van der Waals surface area contributed by atoms with Crippen LogP contribution in [0.3, 0.4) is 0 Å². The standard InChI is InChI=1S/C24H23N3O/c1-2-3-17-28-24-20(15-10-16-25-24)23-26-21(18-11-6-4-7-12-18)22(27-23)19-13-8-5-9-14-19/h4-16H,2-3,17H2,1H3,(H,26,27). The molecule has 0 radical (unpaired) electrons. The molecule has 0 unspecified atom stereocenters. The van der Waals surface area contributed by atoms with Gasteiger partial charge >= 0.3 is 0 Å². The van der Waals surface area contributed by atoms with Gasteiger partial charge in [0.2, 0.25) is 5.88 Å². The second kappa shape index (κ2) is 8.53. The van der Waals surface area contributed by atoms with E-state index in [0.29, 0.717) is 12.5 Å². The monoisotopic (exact) mass is 369 g/mol. The summed E-state index contributed by atoms with van der Waals surface area (Å²) in [5.41, 5.74) is 4.95. The van der Waals surface area contributed by atoms with Crippen LogP contribution >= 0.6 is 0 Å². The fourth-order valence-electron chi connectivity index (χ4n) is 3.12. The van der Waals surface area contributed by atoms with Crippen LogP contribution in [-0.2, 0) is 0 Å². The molecule has 0 atom stereocenters. The number of aromatic nitrogens is 3. The van der Waals surface area contributed by atoms with E-state index in [0.717, 1.165) is 46.7 Å². The normalized spacial score (nSPS) is 10.8. The Morgan fingerprint density at radius 2 is 1.57 bits per heavy atom. The van der Waals surface area contributed by atoms with Crippen LogP contribution in [0.4, 0.5) is 0 Å². The minimum absolute atomic E-state index is 0.615. The van der Waals surface area contributed by atoms with Crippen molar-refractivity contribution in [1.29, 1.82) is 0 Å². The lowest BCUT2D eigenvalue weighted by molar-refractivity contribution is 0.299. The highest BCUT2D eigenvalue weighted by Gasteiger charge is 2.17. The third kappa shape index (κ3) is 3.81. The van der Waals surface area contributed by atoms with Gasteiger partial charge in [0.25, 0.3) is 0 Å². The molecule has 4 rings (SSSR count). The Balaban J connectivity index is 1.81. The Morgan fingerprint density at radius 1 is 0.857 bits per heavy atom. The Kier molecular flexibility index (Phi) is 5.48. The van der Waals surface area contributed by atoms with Gasteiger partial charge in [-0.1, -0.05) is 74.0 Å². The van der Waals surface area contributed by atoms with Crippen LogP contribution in [0.2, 0.25) is 0 Å². The minimum Gasteiger partial charge on any atom is -0.477 e. The third-order valence-corrected chi connectivity index (χ3v) is 4.58. The molecule has 0 fully saturated rings. The van der Waals surface area contributed by atoms with Crippen LogP contribution in [0.25, 0.3) is 33.9 Å². The quantitative estimate of drug-likeness (QED) is 0.407. The molecule has 4 nitrogen and oxygen atoms in total. The summed E-state index contributed by atoms with van der Waals surface area (Å²) in [5.74, 6) is 1.38. The number of benzene rings is 2. The molecule has 4 aromatic rings. The number of aromatic amines is 1. The highest BCUT2D eigenvalue weighted by molar-refractivity contribution is 5.81. The molecule has 0 saturated heterocycles. The first-order chi connectivity index (χ1) is 13.9. The summed E-state index contributed by atoms with van der Waals surface area (Å²) in [5, 5.41) is 0. The van der Waals surface area contributed by atoms with Crippen molar-refractivity contribution in [1.82, 2.24) is 15.0 Å². The number of ether oxygens (including phenoxy) is 1. The highest BCUT2D eigenvalue weighted by Crippen LogP contribution is 2.35. The van der Waals surface area contributed by atoms with Crippen molar-refractivity contribution in [2.45, 2.75) is 19.8 Å². The average Bonchev–Trinajstić information content (AvgIpc) is 3.21. The zero-order valence-electron chi connectivity index (χ0n) is 15.9. The molecular weight excluding hydrogens is 346 g/mol. The Hall–Kier alpha value is -3.40. The molecule has 2 heterocycles. The minimum atomic E-state index is 0.615. The number of unbranched alkanes of at least 4 members (excludes halogenated alkanes) is 1. The molecule has 0 saturated carbocycles. The number of rotatable bonds is 7. The fraction of sp³-hybridized carbons (Fsp3) is 0.167. The van der Waals surface area contributed by atoms with E-state index in [2.05, 4.69) is 41.2 Å². The van der Waals surface area contributed by atoms with Gasteiger partial charge in [0.05, 0.1) is 23.6 Å². The summed E-state index contributed by atoms with van der Waals surface area (Å²) in [6.07, 6.45) is 3.84. The first-order valence-electron chi connectivity index (χ1n) is 9.66. The summed E-state index contributed by atoms with van der Waals surface area (Å²) in [6.45, 7) is 2.80. The number of nitrogens with one attached hydrogen (secondary N) is 1. The molecular formula is C24H23N3O. The Bertz CT molecular complexity index is 969.